The van der Waals surface area contributed by atoms with E-state index >= 15 is 0 Å². The standard InChI is InChI=1S/C24H25ClN2O4S/c1-14-11-19(17-8-6-7-16(12-17)15(2)27-32(29)30)20(25)13-18(14)21-22(26)24(31-23(21)28)9-4-3-5-10-24/h6-8,11-13,21,26-27H,2-5,9-10H2,1H3,(H,29,30). The zero-order valence-corrected chi connectivity index (χ0v) is 19.3. The molecule has 2 aromatic carbocycles. The first kappa shape index (κ1) is 22.7. The number of hydrogen-bond donors (Lipinski definition) is 3. The Labute approximate surface area is 194 Å². The number of ether oxygens (including phenoxy) is 1. The summed E-state index contributed by atoms with van der Waals surface area (Å²) in [5.74, 6) is -1.10. The first-order chi connectivity index (χ1) is 15.2. The molecule has 1 spiro atoms. The highest BCUT2D eigenvalue weighted by Gasteiger charge is 2.53. The van der Waals surface area contributed by atoms with Gasteiger partial charge in [-0.3, -0.25) is 14.1 Å². The van der Waals surface area contributed by atoms with E-state index in [9.17, 15) is 9.00 Å². The van der Waals surface area contributed by atoms with Crippen LogP contribution >= 0.6 is 11.6 Å². The van der Waals surface area contributed by atoms with Crippen LogP contribution in [0.3, 0.4) is 0 Å². The van der Waals surface area contributed by atoms with Crippen LogP contribution in [0.25, 0.3) is 16.8 Å². The van der Waals surface area contributed by atoms with Crippen molar-refractivity contribution in [2.75, 3.05) is 0 Å². The molecule has 6 nitrogen and oxygen atoms in total. The average Bonchev–Trinajstić information content (AvgIpc) is 2.98. The maximum atomic E-state index is 12.8. The maximum absolute atomic E-state index is 12.8. The van der Waals surface area contributed by atoms with E-state index in [-0.39, 0.29) is 5.97 Å². The third-order valence-corrected chi connectivity index (χ3v) is 7.11. The predicted octanol–water partition coefficient (Wildman–Crippen LogP) is 5.38. The molecular formula is C24H25ClN2O4S. The lowest BCUT2D eigenvalue weighted by Gasteiger charge is -2.31. The summed E-state index contributed by atoms with van der Waals surface area (Å²) in [6.45, 7) is 5.70. The van der Waals surface area contributed by atoms with Crippen molar-refractivity contribution in [3.8, 4) is 11.1 Å². The van der Waals surface area contributed by atoms with Gasteiger partial charge in [-0.1, -0.05) is 42.8 Å². The van der Waals surface area contributed by atoms with Gasteiger partial charge in [0.15, 0.2) is 5.60 Å². The van der Waals surface area contributed by atoms with E-state index in [4.69, 9.17) is 26.3 Å². The lowest BCUT2D eigenvalue weighted by Crippen LogP contribution is -2.38. The monoisotopic (exact) mass is 472 g/mol. The van der Waals surface area contributed by atoms with Crippen LogP contribution in [0.5, 0.6) is 0 Å². The zero-order valence-electron chi connectivity index (χ0n) is 17.7. The van der Waals surface area contributed by atoms with Crippen molar-refractivity contribution in [2.24, 2.45) is 0 Å². The van der Waals surface area contributed by atoms with Crippen LogP contribution in [-0.4, -0.2) is 26.0 Å². The summed E-state index contributed by atoms with van der Waals surface area (Å²) in [4.78, 5) is 12.8. The van der Waals surface area contributed by atoms with Crippen LogP contribution in [-0.2, 0) is 20.8 Å². The molecule has 0 bridgehead atoms. The highest BCUT2D eigenvalue weighted by atomic mass is 35.5. The molecule has 1 saturated heterocycles. The Morgan fingerprint density at radius 3 is 2.69 bits per heavy atom. The maximum Gasteiger partial charge on any atom is 0.320 e. The van der Waals surface area contributed by atoms with Crippen LogP contribution in [0, 0.1) is 12.3 Å². The number of rotatable bonds is 5. The number of carbonyl (C=O) groups is 1. The normalized spacial score (nSPS) is 20.8. The first-order valence-electron chi connectivity index (χ1n) is 10.5. The second kappa shape index (κ2) is 8.81. The van der Waals surface area contributed by atoms with Crippen LogP contribution < -0.4 is 4.72 Å². The van der Waals surface area contributed by atoms with Crippen LogP contribution in [0.1, 0.15) is 54.7 Å². The molecular weight excluding hydrogens is 448 g/mol. The summed E-state index contributed by atoms with van der Waals surface area (Å²) in [6.07, 6.45) is 4.44. The van der Waals surface area contributed by atoms with E-state index in [0.29, 0.717) is 40.4 Å². The molecule has 8 heteroatoms. The fraction of sp³-hybridized carbons (Fsp3) is 0.333. The van der Waals surface area contributed by atoms with Crippen LogP contribution in [0.2, 0.25) is 5.02 Å². The van der Waals surface area contributed by atoms with Crippen molar-refractivity contribution in [1.29, 1.82) is 5.41 Å². The molecule has 2 unspecified atom stereocenters. The van der Waals surface area contributed by atoms with Crippen molar-refractivity contribution >= 4 is 40.2 Å². The topological polar surface area (TPSA) is 99.5 Å². The van der Waals surface area contributed by atoms with E-state index in [1.807, 2.05) is 31.2 Å². The van der Waals surface area contributed by atoms with Gasteiger partial charge >= 0.3 is 5.97 Å². The SMILES string of the molecule is C=C(NS(=O)O)c1cccc(-c2cc(C)c(C3C(=N)C4(CCCCC4)OC3=O)cc2Cl)c1. The number of benzene rings is 2. The number of nitrogens with one attached hydrogen (secondary N) is 2. The Hall–Kier alpha value is -2.48. The molecule has 1 aliphatic carbocycles. The highest BCUT2D eigenvalue weighted by Crippen LogP contribution is 2.45. The van der Waals surface area contributed by atoms with E-state index in [0.717, 1.165) is 36.0 Å². The van der Waals surface area contributed by atoms with Crippen molar-refractivity contribution in [1.82, 2.24) is 4.72 Å². The number of halogens is 1. The minimum atomic E-state index is -2.21. The Kier molecular flexibility index (Phi) is 6.25. The van der Waals surface area contributed by atoms with Crippen molar-refractivity contribution in [3.05, 3.63) is 64.7 Å². The first-order valence-corrected chi connectivity index (χ1v) is 12.0. The summed E-state index contributed by atoms with van der Waals surface area (Å²) in [5.41, 5.74) is 3.68. The van der Waals surface area contributed by atoms with Gasteiger partial charge in [-0.25, -0.2) is 4.21 Å². The molecule has 0 radical (unpaired) electrons. The minimum absolute atomic E-state index is 0.317. The van der Waals surface area contributed by atoms with Gasteiger partial charge in [0.25, 0.3) is 11.3 Å². The van der Waals surface area contributed by atoms with Gasteiger partial charge in [0, 0.05) is 16.3 Å². The Balaban J connectivity index is 1.68. The molecule has 3 N–H and O–H groups in total. The molecule has 2 aliphatic rings. The van der Waals surface area contributed by atoms with Gasteiger partial charge in [-0.05, 0) is 73.1 Å². The summed E-state index contributed by atoms with van der Waals surface area (Å²) in [7, 11) is 0. The Morgan fingerprint density at radius 1 is 1.28 bits per heavy atom. The molecule has 1 saturated carbocycles. The minimum Gasteiger partial charge on any atom is -0.452 e. The Bertz CT molecular complexity index is 1140. The molecule has 4 rings (SSSR count). The van der Waals surface area contributed by atoms with Crippen LogP contribution in [0.4, 0.5) is 0 Å². The average molecular weight is 473 g/mol. The lowest BCUT2D eigenvalue weighted by molar-refractivity contribution is -0.149. The quantitative estimate of drug-likeness (QED) is 0.402. The fourth-order valence-corrected chi connectivity index (χ4v) is 5.34. The van der Waals surface area contributed by atoms with Gasteiger partial charge in [0.05, 0.1) is 5.71 Å². The molecule has 2 fully saturated rings. The summed E-state index contributed by atoms with van der Waals surface area (Å²) >= 11 is 4.44. The summed E-state index contributed by atoms with van der Waals surface area (Å²) in [6, 6.07) is 11.0. The molecule has 32 heavy (non-hydrogen) atoms. The molecule has 2 aromatic rings. The highest BCUT2D eigenvalue weighted by molar-refractivity contribution is 7.77. The summed E-state index contributed by atoms with van der Waals surface area (Å²) < 4.78 is 28.2. The second-order valence-corrected chi connectivity index (χ2v) is 9.53. The fourth-order valence-electron chi connectivity index (χ4n) is 4.73. The van der Waals surface area contributed by atoms with Crippen molar-refractivity contribution in [3.63, 3.8) is 0 Å². The van der Waals surface area contributed by atoms with E-state index in [1.54, 1.807) is 12.1 Å². The third-order valence-electron chi connectivity index (χ3n) is 6.37. The van der Waals surface area contributed by atoms with Crippen molar-refractivity contribution in [2.45, 2.75) is 50.5 Å². The van der Waals surface area contributed by atoms with Crippen LogP contribution in [0.15, 0.2) is 43.0 Å². The van der Waals surface area contributed by atoms with E-state index < -0.39 is 22.8 Å². The predicted molar refractivity (Wildman–Crippen MR) is 127 cm³/mol. The zero-order chi connectivity index (χ0) is 23.0. The Morgan fingerprint density at radius 2 is 2.00 bits per heavy atom. The van der Waals surface area contributed by atoms with E-state index in [2.05, 4.69) is 11.3 Å². The van der Waals surface area contributed by atoms with Crippen molar-refractivity contribution < 1.29 is 18.3 Å². The van der Waals surface area contributed by atoms with Gasteiger partial charge in [-0.15, -0.1) is 0 Å². The molecule has 1 aliphatic heterocycles. The van der Waals surface area contributed by atoms with E-state index in [1.165, 1.54) is 0 Å². The number of aryl methyl sites for hydroxylation is 1. The third kappa shape index (κ3) is 4.12. The van der Waals surface area contributed by atoms with Gasteiger partial charge in [-0.2, -0.15) is 0 Å². The lowest BCUT2D eigenvalue weighted by atomic mass is 9.77. The molecule has 1 heterocycles. The molecule has 0 amide bonds. The van der Waals surface area contributed by atoms with Gasteiger partial charge < -0.3 is 10.1 Å². The van der Waals surface area contributed by atoms with Gasteiger partial charge in [0.1, 0.15) is 5.92 Å². The largest absolute Gasteiger partial charge is 0.452 e. The smallest absolute Gasteiger partial charge is 0.320 e. The summed E-state index contributed by atoms with van der Waals surface area (Å²) in [5, 5.41) is 9.24. The number of carbonyl (C=O) groups excluding carboxylic acids is 1. The molecule has 168 valence electrons. The second-order valence-electron chi connectivity index (χ2n) is 8.42. The molecule has 2 atom stereocenters. The number of esters is 1. The van der Waals surface area contributed by atoms with Gasteiger partial charge in [0.2, 0.25) is 0 Å². The number of hydrogen-bond acceptors (Lipinski definition) is 4. The molecule has 0 aromatic heterocycles.